The fourth-order valence-electron chi connectivity index (χ4n) is 2.35. The molecule has 0 spiro atoms. The van der Waals surface area contributed by atoms with Crippen LogP contribution in [0.25, 0.3) is 0 Å². The van der Waals surface area contributed by atoms with E-state index in [1.165, 1.54) is 12.8 Å². The fraction of sp³-hybridized carbons (Fsp3) is 0.909. The number of nitrogens with one attached hydrogen (secondary N) is 1. The molecule has 0 radical (unpaired) electrons. The van der Waals surface area contributed by atoms with Crippen LogP contribution in [0, 0.1) is 11.8 Å². The molecule has 3 nitrogen and oxygen atoms in total. The van der Waals surface area contributed by atoms with Gasteiger partial charge in [-0.2, -0.15) is 0 Å². The molecule has 82 valence electrons. The number of carboxylic acids is 1. The number of hydrogen-bond acceptors (Lipinski definition) is 2. The summed E-state index contributed by atoms with van der Waals surface area (Å²) in [7, 11) is 0. The average molecular weight is 199 g/mol. The van der Waals surface area contributed by atoms with Crippen molar-refractivity contribution in [3.63, 3.8) is 0 Å². The van der Waals surface area contributed by atoms with E-state index in [1.807, 2.05) is 0 Å². The van der Waals surface area contributed by atoms with Crippen LogP contribution in [0.1, 0.15) is 39.5 Å². The van der Waals surface area contributed by atoms with E-state index in [1.54, 1.807) is 0 Å². The molecule has 0 aromatic heterocycles. The van der Waals surface area contributed by atoms with Gasteiger partial charge >= 0.3 is 5.97 Å². The Bertz CT molecular complexity index is 190. The van der Waals surface area contributed by atoms with E-state index < -0.39 is 5.97 Å². The van der Waals surface area contributed by atoms with Gasteiger partial charge in [0.15, 0.2) is 0 Å². The van der Waals surface area contributed by atoms with E-state index in [9.17, 15) is 4.79 Å². The van der Waals surface area contributed by atoms with Crippen LogP contribution in [0.5, 0.6) is 0 Å². The Kier molecular flexibility index (Phi) is 4.39. The molecule has 0 amide bonds. The van der Waals surface area contributed by atoms with Crippen molar-refractivity contribution < 1.29 is 9.90 Å². The van der Waals surface area contributed by atoms with Crippen molar-refractivity contribution in [1.29, 1.82) is 0 Å². The third-order valence-corrected chi connectivity index (χ3v) is 3.41. The molecule has 1 heterocycles. The fourth-order valence-corrected chi connectivity index (χ4v) is 2.35. The van der Waals surface area contributed by atoms with Crippen molar-refractivity contribution in [3.8, 4) is 0 Å². The summed E-state index contributed by atoms with van der Waals surface area (Å²) in [5, 5.41) is 12.0. The lowest BCUT2D eigenvalue weighted by molar-refractivity contribution is -0.140. The minimum atomic E-state index is -0.682. The molecule has 1 fully saturated rings. The third-order valence-electron chi connectivity index (χ3n) is 3.41. The highest BCUT2D eigenvalue weighted by molar-refractivity contribution is 5.74. The first kappa shape index (κ1) is 11.5. The van der Waals surface area contributed by atoms with Gasteiger partial charge in [0, 0.05) is 0 Å². The summed E-state index contributed by atoms with van der Waals surface area (Å²) in [6.07, 6.45) is 4.42. The molecule has 1 saturated heterocycles. The molecule has 0 bridgehead atoms. The Balaban J connectivity index is 2.46. The summed E-state index contributed by atoms with van der Waals surface area (Å²) in [6.45, 7) is 5.24. The van der Waals surface area contributed by atoms with Gasteiger partial charge in [0.1, 0.15) is 6.04 Å². The number of aliphatic carboxylic acids is 1. The Labute approximate surface area is 85.9 Å². The number of carboxylic acid groups (broad SMARTS) is 1. The molecule has 14 heavy (non-hydrogen) atoms. The van der Waals surface area contributed by atoms with Crippen LogP contribution in [0.15, 0.2) is 0 Å². The molecule has 0 saturated carbocycles. The van der Waals surface area contributed by atoms with Crippen molar-refractivity contribution in [2.75, 3.05) is 6.54 Å². The first-order valence-corrected chi connectivity index (χ1v) is 5.65. The molecular weight excluding hydrogens is 178 g/mol. The second-order valence-corrected chi connectivity index (χ2v) is 4.24. The van der Waals surface area contributed by atoms with E-state index in [0.29, 0.717) is 11.8 Å². The maximum Gasteiger partial charge on any atom is 0.320 e. The summed E-state index contributed by atoms with van der Waals surface area (Å²) < 4.78 is 0. The lowest BCUT2D eigenvalue weighted by Gasteiger charge is -2.20. The molecule has 2 N–H and O–H groups in total. The first-order chi connectivity index (χ1) is 6.69. The molecule has 3 heteroatoms. The first-order valence-electron chi connectivity index (χ1n) is 5.65. The predicted molar refractivity (Wildman–Crippen MR) is 56.2 cm³/mol. The van der Waals surface area contributed by atoms with Gasteiger partial charge < -0.3 is 10.4 Å². The lowest BCUT2D eigenvalue weighted by atomic mass is 9.86. The smallest absolute Gasteiger partial charge is 0.320 e. The zero-order valence-electron chi connectivity index (χ0n) is 9.12. The Morgan fingerprint density at radius 2 is 2.14 bits per heavy atom. The van der Waals surface area contributed by atoms with Crippen molar-refractivity contribution >= 4 is 5.97 Å². The minimum Gasteiger partial charge on any atom is -0.480 e. The van der Waals surface area contributed by atoms with Crippen LogP contribution < -0.4 is 5.32 Å². The Hall–Kier alpha value is -0.570. The van der Waals surface area contributed by atoms with E-state index >= 15 is 0 Å². The molecule has 1 aliphatic rings. The van der Waals surface area contributed by atoms with Gasteiger partial charge in [-0.25, -0.2) is 0 Å². The van der Waals surface area contributed by atoms with Crippen LogP contribution in [0.4, 0.5) is 0 Å². The number of hydrogen-bond donors (Lipinski definition) is 2. The summed E-state index contributed by atoms with van der Waals surface area (Å²) in [5.74, 6) is 0.359. The molecular formula is C11H21NO2. The highest BCUT2D eigenvalue weighted by atomic mass is 16.4. The van der Waals surface area contributed by atoms with Crippen LogP contribution in [0.2, 0.25) is 0 Å². The van der Waals surface area contributed by atoms with Gasteiger partial charge in [-0.3, -0.25) is 4.79 Å². The normalized spacial score (nSPS) is 27.1. The molecule has 0 aliphatic carbocycles. The van der Waals surface area contributed by atoms with Crippen molar-refractivity contribution in [1.82, 2.24) is 5.32 Å². The van der Waals surface area contributed by atoms with Crippen molar-refractivity contribution in [3.05, 3.63) is 0 Å². The Morgan fingerprint density at radius 1 is 1.50 bits per heavy atom. The SMILES string of the molecule is CCC(CC)C[C@H]1CCN[C@@H]1C(=O)O. The molecule has 0 aromatic rings. The van der Waals surface area contributed by atoms with E-state index in [2.05, 4.69) is 19.2 Å². The second kappa shape index (κ2) is 5.35. The van der Waals surface area contributed by atoms with Gasteiger partial charge in [-0.1, -0.05) is 26.7 Å². The van der Waals surface area contributed by atoms with E-state index in [0.717, 1.165) is 19.4 Å². The van der Waals surface area contributed by atoms with Crippen molar-refractivity contribution in [2.24, 2.45) is 11.8 Å². The standard InChI is InChI=1S/C11H21NO2/c1-3-8(4-2)7-9-5-6-12-10(9)11(13)14/h8-10,12H,3-7H2,1-2H3,(H,13,14)/t9-,10+/m1/s1. The maximum atomic E-state index is 10.9. The highest BCUT2D eigenvalue weighted by Gasteiger charge is 2.33. The minimum absolute atomic E-state index is 0.296. The van der Waals surface area contributed by atoms with Crippen molar-refractivity contribution in [2.45, 2.75) is 45.6 Å². The second-order valence-electron chi connectivity index (χ2n) is 4.24. The highest BCUT2D eigenvalue weighted by Crippen LogP contribution is 2.27. The van der Waals surface area contributed by atoms with E-state index in [-0.39, 0.29) is 6.04 Å². The summed E-state index contributed by atoms with van der Waals surface area (Å²) in [4.78, 5) is 10.9. The third kappa shape index (κ3) is 2.71. The Morgan fingerprint density at radius 3 is 2.64 bits per heavy atom. The topological polar surface area (TPSA) is 49.3 Å². The number of carbonyl (C=O) groups is 1. The molecule has 2 atom stereocenters. The quantitative estimate of drug-likeness (QED) is 0.710. The van der Waals surface area contributed by atoms with Crippen LogP contribution in [-0.2, 0) is 4.79 Å². The maximum absolute atomic E-state index is 10.9. The van der Waals surface area contributed by atoms with Gasteiger partial charge in [0.25, 0.3) is 0 Å². The van der Waals surface area contributed by atoms with Crippen LogP contribution in [0.3, 0.4) is 0 Å². The molecule has 1 aliphatic heterocycles. The van der Waals surface area contributed by atoms with Gasteiger partial charge in [-0.05, 0) is 31.2 Å². The average Bonchev–Trinajstić information content (AvgIpc) is 2.62. The zero-order valence-corrected chi connectivity index (χ0v) is 9.12. The summed E-state index contributed by atoms with van der Waals surface area (Å²) in [6, 6.07) is -0.296. The van der Waals surface area contributed by atoms with Gasteiger partial charge in [-0.15, -0.1) is 0 Å². The zero-order chi connectivity index (χ0) is 10.6. The van der Waals surface area contributed by atoms with Gasteiger partial charge in [0.2, 0.25) is 0 Å². The van der Waals surface area contributed by atoms with Crippen LogP contribution >= 0.6 is 0 Å². The summed E-state index contributed by atoms with van der Waals surface area (Å²) >= 11 is 0. The summed E-state index contributed by atoms with van der Waals surface area (Å²) in [5.41, 5.74) is 0. The molecule has 0 unspecified atom stereocenters. The van der Waals surface area contributed by atoms with Crippen LogP contribution in [-0.4, -0.2) is 23.7 Å². The monoisotopic (exact) mass is 199 g/mol. The lowest BCUT2D eigenvalue weighted by Crippen LogP contribution is -2.36. The largest absolute Gasteiger partial charge is 0.480 e. The predicted octanol–water partition coefficient (Wildman–Crippen LogP) is 1.88. The molecule has 1 rings (SSSR count). The van der Waals surface area contributed by atoms with Gasteiger partial charge in [0.05, 0.1) is 0 Å². The number of rotatable bonds is 5. The molecule has 0 aromatic carbocycles. The van der Waals surface area contributed by atoms with E-state index in [4.69, 9.17) is 5.11 Å².